The van der Waals surface area contributed by atoms with Gasteiger partial charge in [-0.05, 0) is 37.5 Å². The van der Waals surface area contributed by atoms with Crippen molar-refractivity contribution in [2.24, 2.45) is 0 Å². The quantitative estimate of drug-likeness (QED) is 0.817. The number of likely N-dealkylation sites (N-methyl/N-ethyl adjacent to an activating group) is 1. The Balaban J connectivity index is 1.62. The molecule has 4 amide bonds. The maximum atomic E-state index is 13.3. The van der Waals surface area contributed by atoms with Gasteiger partial charge in [-0.15, -0.1) is 0 Å². The van der Waals surface area contributed by atoms with Gasteiger partial charge in [0, 0.05) is 12.6 Å². The molecule has 8 heteroatoms. The van der Waals surface area contributed by atoms with E-state index in [1.807, 2.05) is 6.92 Å². The zero-order valence-corrected chi connectivity index (χ0v) is 15.0. The normalized spacial score (nSPS) is 22.1. The van der Waals surface area contributed by atoms with Gasteiger partial charge >= 0.3 is 6.03 Å². The zero-order chi connectivity index (χ0) is 19.1. The van der Waals surface area contributed by atoms with Crippen LogP contribution in [0.15, 0.2) is 35.5 Å². The molecule has 1 aromatic carbocycles. The number of hydrogen-bond acceptors (Lipinski definition) is 3. The van der Waals surface area contributed by atoms with Gasteiger partial charge in [0.15, 0.2) is 0 Å². The SMILES string of the molecule is CCN1C(=O)N[C@H](c2ccc(F)cc2)C2=C1CN(CC(=O)NC1CC1)C2=O. The number of nitrogens with one attached hydrogen (secondary N) is 2. The molecule has 1 aromatic rings. The molecule has 0 bridgehead atoms. The molecule has 27 heavy (non-hydrogen) atoms. The summed E-state index contributed by atoms with van der Waals surface area (Å²) in [6, 6.07) is 4.98. The second-order valence-corrected chi connectivity index (χ2v) is 7.04. The second-order valence-electron chi connectivity index (χ2n) is 7.04. The zero-order valence-electron chi connectivity index (χ0n) is 15.0. The number of halogens is 1. The predicted molar refractivity (Wildman–Crippen MR) is 94.8 cm³/mol. The van der Waals surface area contributed by atoms with Crippen molar-refractivity contribution in [2.75, 3.05) is 19.6 Å². The van der Waals surface area contributed by atoms with Crippen LogP contribution in [0.3, 0.4) is 0 Å². The molecule has 0 aromatic heterocycles. The molecule has 1 fully saturated rings. The standard InChI is InChI=1S/C19H21FN4O3/c1-2-24-14-9-23(10-15(25)21-13-7-8-13)18(26)16(14)17(22-19(24)27)11-3-5-12(20)6-4-11/h3-6,13,17H,2,7-10H2,1H3,(H,21,25)(H,22,27)/t17-/m1/s1. The van der Waals surface area contributed by atoms with Crippen LogP contribution in [-0.2, 0) is 9.59 Å². The Morgan fingerprint density at radius 2 is 1.96 bits per heavy atom. The van der Waals surface area contributed by atoms with Crippen molar-refractivity contribution in [3.8, 4) is 0 Å². The van der Waals surface area contributed by atoms with Gasteiger partial charge in [0.25, 0.3) is 5.91 Å². The van der Waals surface area contributed by atoms with E-state index >= 15 is 0 Å². The van der Waals surface area contributed by atoms with E-state index in [2.05, 4.69) is 10.6 Å². The van der Waals surface area contributed by atoms with E-state index in [0.29, 0.717) is 23.4 Å². The van der Waals surface area contributed by atoms with Crippen LogP contribution in [-0.4, -0.2) is 53.3 Å². The highest BCUT2D eigenvalue weighted by molar-refractivity contribution is 6.03. The summed E-state index contributed by atoms with van der Waals surface area (Å²) in [6.07, 6.45) is 1.95. The first-order valence-corrected chi connectivity index (χ1v) is 9.13. The molecule has 1 aliphatic carbocycles. The van der Waals surface area contributed by atoms with Gasteiger partial charge in [0.2, 0.25) is 5.91 Å². The van der Waals surface area contributed by atoms with Crippen LogP contribution in [0.4, 0.5) is 9.18 Å². The fourth-order valence-electron chi connectivity index (χ4n) is 3.59. The first kappa shape index (κ1) is 17.5. The molecule has 0 saturated heterocycles. The number of nitrogens with zero attached hydrogens (tertiary/aromatic N) is 2. The van der Waals surface area contributed by atoms with Crippen LogP contribution in [0, 0.1) is 5.82 Å². The van der Waals surface area contributed by atoms with Gasteiger partial charge in [-0.1, -0.05) is 12.1 Å². The average molecular weight is 372 g/mol. The number of rotatable bonds is 5. The Bertz CT molecular complexity index is 832. The molecule has 1 saturated carbocycles. The molecule has 1 atom stereocenters. The summed E-state index contributed by atoms with van der Waals surface area (Å²) in [7, 11) is 0. The van der Waals surface area contributed by atoms with Gasteiger partial charge in [0.05, 0.1) is 23.9 Å². The number of urea groups is 1. The lowest BCUT2D eigenvalue weighted by Crippen LogP contribution is -2.47. The Morgan fingerprint density at radius 1 is 1.26 bits per heavy atom. The van der Waals surface area contributed by atoms with Crippen molar-refractivity contribution < 1.29 is 18.8 Å². The third kappa shape index (κ3) is 3.27. The van der Waals surface area contributed by atoms with E-state index in [1.54, 1.807) is 12.1 Å². The van der Waals surface area contributed by atoms with Crippen LogP contribution in [0.2, 0.25) is 0 Å². The van der Waals surface area contributed by atoms with Crippen LogP contribution in [0.1, 0.15) is 31.4 Å². The van der Waals surface area contributed by atoms with Crippen LogP contribution in [0.5, 0.6) is 0 Å². The average Bonchev–Trinajstić information content (AvgIpc) is 3.39. The topological polar surface area (TPSA) is 81.8 Å². The lowest BCUT2D eigenvalue weighted by molar-refractivity contribution is -0.132. The van der Waals surface area contributed by atoms with Crippen molar-refractivity contribution in [1.82, 2.24) is 20.4 Å². The lowest BCUT2D eigenvalue weighted by atomic mass is 9.95. The number of amides is 4. The summed E-state index contributed by atoms with van der Waals surface area (Å²) in [5.41, 5.74) is 1.69. The minimum atomic E-state index is -0.653. The molecule has 0 radical (unpaired) electrons. The summed E-state index contributed by atoms with van der Waals surface area (Å²) in [6.45, 7) is 2.42. The highest BCUT2D eigenvalue weighted by Crippen LogP contribution is 2.36. The molecule has 142 valence electrons. The van der Waals surface area contributed by atoms with Crippen molar-refractivity contribution in [2.45, 2.75) is 31.8 Å². The van der Waals surface area contributed by atoms with E-state index in [0.717, 1.165) is 12.8 Å². The number of benzene rings is 1. The van der Waals surface area contributed by atoms with E-state index in [4.69, 9.17) is 0 Å². The third-order valence-corrected chi connectivity index (χ3v) is 5.09. The highest BCUT2D eigenvalue weighted by Gasteiger charge is 2.44. The molecule has 0 unspecified atom stereocenters. The maximum absolute atomic E-state index is 13.3. The molecule has 4 rings (SSSR count). The predicted octanol–water partition coefficient (Wildman–Crippen LogP) is 1.29. The van der Waals surface area contributed by atoms with Crippen molar-refractivity contribution >= 4 is 17.8 Å². The molecular formula is C19H21FN4O3. The second kappa shape index (κ2) is 6.68. The van der Waals surface area contributed by atoms with Crippen molar-refractivity contribution in [3.63, 3.8) is 0 Å². The minimum Gasteiger partial charge on any atom is -0.352 e. The monoisotopic (exact) mass is 372 g/mol. The fourth-order valence-corrected chi connectivity index (χ4v) is 3.59. The van der Waals surface area contributed by atoms with Gasteiger partial charge < -0.3 is 15.5 Å². The summed E-state index contributed by atoms with van der Waals surface area (Å²) < 4.78 is 13.3. The van der Waals surface area contributed by atoms with Crippen LogP contribution >= 0.6 is 0 Å². The van der Waals surface area contributed by atoms with Gasteiger partial charge in [-0.2, -0.15) is 0 Å². The van der Waals surface area contributed by atoms with Gasteiger partial charge in [-0.3, -0.25) is 14.5 Å². The van der Waals surface area contributed by atoms with E-state index in [-0.39, 0.29) is 42.8 Å². The third-order valence-electron chi connectivity index (χ3n) is 5.09. The lowest BCUT2D eigenvalue weighted by Gasteiger charge is -2.32. The Hall–Kier alpha value is -2.90. The van der Waals surface area contributed by atoms with Crippen LogP contribution < -0.4 is 10.6 Å². The minimum absolute atomic E-state index is 0.0375. The largest absolute Gasteiger partial charge is 0.352 e. The maximum Gasteiger partial charge on any atom is 0.322 e. The smallest absolute Gasteiger partial charge is 0.322 e. The molecule has 2 heterocycles. The summed E-state index contributed by atoms with van der Waals surface area (Å²) in [4.78, 5) is 40.7. The summed E-state index contributed by atoms with van der Waals surface area (Å²) in [5.74, 6) is -0.850. The Kier molecular flexibility index (Phi) is 4.33. The summed E-state index contributed by atoms with van der Waals surface area (Å²) in [5, 5.41) is 5.71. The number of hydrogen-bond donors (Lipinski definition) is 2. The highest BCUT2D eigenvalue weighted by atomic mass is 19.1. The Morgan fingerprint density at radius 3 is 2.59 bits per heavy atom. The van der Waals surface area contributed by atoms with E-state index in [1.165, 1.54) is 21.9 Å². The molecular weight excluding hydrogens is 351 g/mol. The number of carbonyl (C=O) groups excluding carboxylic acids is 3. The number of carbonyl (C=O) groups is 3. The molecule has 0 spiro atoms. The van der Waals surface area contributed by atoms with Gasteiger partial charge in [-0.25, -0.2) is 9.18 Å². The molecule has 3 aliphatic rings. The Labute approximate surface area is 156 Å². The van der Waals surface area contributed by atoms with Crippen molar-refractivity contribution in [1.29, 1.82) is 0 Å². The fraction of sp³-hybridized carbons (Fsp3) is 0.421. The molecule has 2 N–H and O–H groups in total. The van der Waals surface area contributed by atoms with E-state index < -0.39 is 6.04 Å². The van der Waals surface area contributed by atoms with Gasteiger partial charge in [0.1, 0.15) is 12.4 Å². The first-order chi connectivity index (χ1) is 13.0. The van der Waals surface area contributed by atoms with Crippen LogP contribution in [0.25, 0.3) is 0 Å². The molecule has 7 nitrogen and oxygen atoms in total. The van der Waals surface area contributed by atoms with Crippen molar-refractivity contribution in [3.05, 3.63) is 46.9 Å². The molecule has 2 aliphatic heterocycles. The summed E-state index contributed by atoms with van der Waals surface area (Å²) >= 11 is 0. The van der Waals surface area contributed by atoms with E-state index in [9.17, 15) is 18.8 Å². The first-order valence-electron chi connectivity index (χ1n) is 9.13.